The molecule has 0 aliphatic carbocycles. The summed E-state index contributed by atoms with van der Waals surface area (Å²) in [7, 11) is 0. The summed E-state index contributed by atoms with van der Waals surface area (Å²) in [5, 5.41) is 3.63. The normalized spacial score (nSPS) is 10.9. The Labute approximate surface area is 165 Å². The third-order valence-corrected chi connectivity index (χ3v) is 4.73. The van der Waals surface area contributed by atoms with E-state index in [4.69, 9.17) is 11.6 Å². The van der Waals surface area contributed by atoms with Crippen LogP contribution in [0, 0.1) is 0 Å². The molecule has 0 spiro atoms. The number of amides is 1. The van der Waals surface area contributed by atoms with Gasteiger partial charge in [0.1, 0.15) is 11.4 Å². The topological polar surface area (TPSA) is 90.6 Å². The van der Waals surface area contributed by atoms with Crippen LogP contribution in [-0.2, 0) is 13.0 Å². The number of hydrogen-bond donors (Lipinski definition) is 3. The molecule has 2 heterocycles. The van der Waals surface area contributed by atoms with E-state index in [1.807, 2.05) is 24.3 Å². The number of H-pyrrole nitrogens is 2. The van der Waals surface area contributed by atoms with E-state index in [-0.39, 0.29) is 11.0 Å². The van der Waals surface area contributed by atoms with Crippen LogP contribution >= 0.6 is 11.6 Å². The van der Waals surface area contributed by atoms with E-state index in [9.17, 15) is 9.59 Å². The van der Waals surface area contributed by atoms with E-state index in [0.29, 0.717) is 28.9 Å². The molecule has 4 rings (SSSR count). The predicted octanol–water partition coefficient (Wildman–Crippen LogP) is 3.43. The number of nitrogens with zero attached hydrogens (tertiary/aromatic N) is 1. The standard InChI is InChI=1S/C21H17ClN4O2/c22-15-5-6-18-16(10-15)20(27)17(12-25-18)21(28)26-11-14-3-1-13(2-4-14)9-19-23-7-8-24-19/h1-8,10,12H,9,11H2,(H,23,24)(H,25,27)(H,26,28). The molecule has 7 heteroatoms. The second-order valence-electron chi connectivity index (χ2n) is 6.43. The lowest BCUT2D eigenvalue weighted by molar-refractivity contribution is 0.0949. The maximum absolute atomic E-state index is 12.6. The van der Waals surface area contributed by atoms with E-state index in [0.717, 1.165) is 17.0 Å². The minimum absolute atomic E-state index is 0.0595. The lowest BCUT2D eigenvalue weighted by atomic mass is 10.1. The quantitative estimate of drug-likeness (QED) is 0.486. The molecule has 0 fully saturated rings. The van der Waals surface area contributed by atoms with Crippen molar-refractivity contribution in [3.05, 3.63) is 98.8 Å². The maximum Gasteiger partial charge on any atom is 0.257 e. The molecule has 0 bridgehead atoms. The Kier molecular flexibility index (Phi) is 4.95. The van der Waals surface area contributed by atoms with Crippen LogP contribution in [-0.4, -0.2) is 20.9 Å². The average Bonchev–Trinajstić information content (AvgIpc) is 3.21. The molecule has 2 aromatic heterocycles. The SMILES string of the molecule is O=C(NCc1ccc(Cc2ncc[nH]2)cc1)c1c[nH]c2ccc(Cl)cc2c1=O. The summed E-state index contributed by atoms with van der Waals surface area (Å²) >= 11 is 5.96. The molecule has 6 nitrogen and oxygen atoms in total. The van der Waals surface area contributed by atoms with Gasteiger partial charge in [0.25, 0.3) is 5.91 Å². The minimum atomic E-state index is -0.428. The number of aromatic amines is 2. The van der Waals surface area contributed by atoms with Crippen LogP contribution < -0.4 is 10.7 Å². The summed E-state index contributed by atoms with van der Waals surface area (Å²) in [5.74, 6) is 0.472. The van der Waals surface area contributed by atoms with Crippen molar-refractivity contribution >= 4 is 28.4 Å². The Morgan fingerprint density at radius 1 is 1.07 bits per heavy atom. The predicted molar refractivity (Wildman–Crippen MR) is 109 cm³/mol. The van der Waals surface area contributed by atoms with Gasteiger partial charge < -0.3 is 15.3 Å². The van der Waals surface area contributed by atoms with Gasteiger partial charge in [-0.2, -0.15) is 0 Å². The summed E-state index contributed by atoms with van der Waals surface area (Å²) in [5.41, 5.74) is 2.41. The lowest BCUT2D eigenvalue weighted by Crippen LogP contribution is -2.28. The molecule has 4 aromatic rings. The van der Waals surface area contributed by atoms with Gasteiger partial charge in [-0.25, -0.2) is 4.98 Å². The molecule has 0 radical (unpaired) electrons. The highest BCUT2D eigenvalue weighted by Gasteiger charge is 2.13. The molecule has 0 aliphatic heterocycles. The first-order chi connectivity index (χ1) is 13.6. The molecule has 0 unspecified atom stereocenters. The molecule has 0 saturated carbocycles. The van der Waals surface area contributed by atoms with Gasteiger partial charge in [-0.3, -0.25) is 9.59 Å². The van der Waals surface area contributed by atoms with E-state index < -0.39 is 5.91 Å². The third-order valence-electron chi connectivity index (χ3n) is 4.49. The zero-order chi connectivity index (χ0) is 19.5. The fraction of sp³-hybridized carbons (Fsp3) is 0.0952. The average molecular weight is 393 g/mol. The first-order valence-electron chi connectivity index (χ1n) is 8.75. The molecule has 3 N–H and O–H groups in total. The van der Waals surface area contributed by atoms with Crippen molar-refractivity contribution in [3.8, 4) is 0 Å². The number of nitrogens with one attached hydrogen (secondary N) is 3. The Hall–Kier alpha value is -3.38. The Morgan fingerprint density at radius 3 is 2.61 bits per heavy atom. The van der Waals surface area contributed by atoms with Gasteiger partial charge in [0.2, 0.25) is 5.43 Å². The van der Waals surface area contributed by atoms with Crippen LogP contribution in [0.3, 0.4) is 0 Å². The number of aromatic nitrogens is 3. The summed E-state index contributed by atoms with van der Waals surface area (Å²) < 4.78 is 0. The van der Waals surface area contributed by atoms with Crippen LogP contribution in [0.4, 0.5) is 0 Å². The highest BCUT2D eigenvalue weighted by molar-refractivity contribution is 6.31. The first-order valence-corrected chi connectivity index (χ1v) is 9.13. The van der Waals surface area contributed by atoms with E-state index in [1.54, 1.807) is 30.6 Å². The molecular formula is C21H17ClN4O2. The van der Waals surface area contributed by atoms with Gasteiger partial charge in [0, 0.05) is 47.5 Å². The van der Waals surface area contributed by atoms with E-state index in [1.165, 1.54) is 6.20 Å². The number of imidazole rings is 1. The van der Waals surface area contributed by atoms with Gasteiger partial charge in [-0.1, -0.05) is 35.9 Å². The van der Waals surface area contributed by atoms with Crippen LogP contribution in [0.5, 0.6) is 0 Å². The molecule has 0 atom stereocenters. The van der Waals surface area contributed by atoms with Gasteiger partial charge in [0.05, 0.1) is 0 Å². The van der Waals surface area contributed by atoms with Gasteiger partial charge in [-0.05, 0) is 29.3 Å². The molecule has 2 aromatic carbocycles. The number of carbonyl (C=O) groups is 1. The zero-order valence-electron chi connectivity index (χ0n) is 14.8. The molecule has 28 heavy (non-hydrogen) atoms. The monoisotopic (exact) mass is 392 g/mol. The van der Waals surface area contributed by atoms with Crippen molar-refractivity contribution in [2.45, 2.75) is 13.0 Å². The minimum Gasteiger partial charge on any atom is -0.360 e. The fourth-order valence-electron chi connectivity index (χ4n) is 3.00. The van der Waals surface area contributed by atoms with Crippen LogP contribution in [0.2, 0.25) is 5.02 Å². The number of pyridine rings is 1. The van der Waals surface area contributed by atoms with Crippen molar-refractivity contribution in [3.63, 3.8) is 0 Å². The highest BCUT2D eigenvalue weighted by atomic mass is 35.5. The molecular weight excluding hydrogens is 376 g/mol. The first kappa shape index (κ1) is 18.0. The second-order valence-corrected chi connectivity index (χ2v) is 6.87. The summed E-state index contributed by atoms with van der Waals surface area (Å²) in [4.78, 5) is 35.3. The smallest absolute Gasteiger partial charge is 0.257 e. The van der Waals surface area contributed by atoms with Crippen molar-refractivity contribution in [2.24, 2.45) is 0 Å². The lowest BCUT2D eigenvalue weighted by Gasteiger charge is -2.07. The third kappa shape index (κ3) is 3.82. The van der Waals surface area contributed by atoms with Crippen molar-refractivity contribution in [2.75, 3.05) is 0 Å². The van der Waals surface area contributed by atoms with Gasteiger partial charge >= 0.3 is 0 Å². The molecule has 0 saturated heterocycles. The van der Waals surface area contributed by atoms with Crippen molar-refractivity contribution in [1.82, 2.24) is 20.3 Å². The van der Waals surface area contributed by atoms with Crippen LogP contribution in [0.1, 0.15) is 27.3 Å². The largest absolute Gasteiger partial charge is 0.360 e. The fourth-order valence-corrected chi connectivity index (χ4v) is 3.17. The summed E-state index contributed by atoms with van der Waals surface area (Å²) in [6.07, 6.45) is 5.67. The highest BCUT2D eigenvalue weighted by Crippen LogP contribution is 2.15. The number of fused-ring (bicyclic) bond motifs is 1. The molecule has 140 valence electrons. The number of halogens is 1. The van der Waals surface area contributed by atoms with Gasteiger partial charge in [0.15, 0.2) is 0 Å². The van der Waals surface area contributed by atoms with Gasteiger partial charge in [-0.15, -0.1) is 0 Å². The van der Waals surface area contributed by atoms with E-state index >= 15 is 0 Å². The van der Waals surface area contributed by atoms with Crippen LogP contribution in [0.15, 0.2) is 65.8 Å². The summed E-state index contributed by atoms with van der Waals surface area (Å²) in [6.45, 7) is 0.326. The number of hydrogen-bond acceptors (Lipinski definition) is 3. The van der Waals surface area contributed by atoms with Crippen molar-refractivity contribution < 1.29 is 4.79 Å². The molecule has 1 amide bonds. The number of benzene rings is 2. The maximum atomic E-state index is 12.6. The van der Waals surface area contributed by atoms with Crippen molar-refractivity contribution in [1.29, 1.82) is 0 Å². The Balaban J connectivity index is 1.45. The summed E-state index contributed by atoms with van der Waals surface area (Å²) in [6, 6.07) is 12.8. The number of carbonyl (C=O) groups excluding carboxylic acids is 1. The Bertz CT molecular complexity index is 1180. The van der Waals surface area contributed by atoms with E-state index in [2.05, 4.69) is 20.3 Å². The second kappa shape index (κ2) is 7.70. The Morgan fingerprint density at radius 2 is 1.86 bits per heavy atom. The molecule has 0 aliphatic rings. The zero-order valence-corrected chi connectivity index (χ0v) is 15.6. The number of rotatable bonds is 5. The van der Waals surface area contributed by atoms with Crippen LogP contribution in [0.25, 0.3) is 10.9 Å².